The second kappa shape index (κ2) is 8.29. The minimum atomic E-state index is -5.03. The summed E-state index contributed by atoms with van der Waals surface area (Å²) in [4.78, 5) is 9.12. The van der Waals surface area contributed by atoms with Crippen LogP contribution in [-0.4, -0.2) is 49.0 Å². The highest BCUT2D eigenvalue weighted by atomic mass is 19.3. The van der Waals surface area contributed by atoms with Crippen molar-refractivity contribution < 1.29 is 31.9 Å². The molecule has 0 spiro atoms. The largest absolute Gasteiger partial charge is 0.544 e. The molecule has 0 bridgehead atoms. The molecule has 0 unspecified atom stereocenters. The van der Waals surface area contributed by atoms with Gasteiger partial charge in [0.25, 0.3) is 0 Å². The smallest absolute Gasteiger partial charge is 0.346 e. The lowest BCUT2D eigenvalue weighted by molar-refractivity contribution is -0.921. The van der Waals surface area contributed by atoms with E-state index in [0.29, 0.717) is 0 Å². The molecule has 0 aromatic rings. The van der Waals surface area contributed by atoms with Gasteiger partial charge >= 0.3 is 12.3 Å². The standard InChI is InChI=1S/C8H20N.C3H2F4O2/c1-5-9(6-2,7-3)8-4;4-1(5)3(6,7)2(8)9/h5-8H2,1-4H3;1H,(H,8,9)/q+1;/p-1. The Kier molecular flexibility index (Phi) is 8.97. The lowest BCUT2D eigenvalue weighted by Gasteiger charge is -2.34. The Morgan fingerprint density at radius 2 is 1.33 bits per heavy atom. The number of carbonyl (C=O) groups is 1. The molecule has 0 radical (unpaired) electrons. The molecule has 0 saturated carbocycles. The van der Waals surface area contributed by atoms with Crippen molar-refractivity contribution in [1.82, 2.24) is 0 Å². The van der Waals surface area contributed by atoms with Crippen molar-refractivity contribution in [3.8, 4) is 0 Å². The highest BCUT2D eigenvalue weighted by Crippen LogP contribution is 2.21. The number of hydrogen-bond donors (Lipinski definition) is 0. The Hall–Kier alpha value is -0.850. The third kappa shape index (κ3) is 5.66. The second-order valence-electron chi connectivity index (χ2n) is 3.82. The molecule has 0 N–H and O–H groups in total. The minimum absolute atomic E-state index is 1.28. The molecule has 0 aliphatic carbocycles. The summed E-state index contributed by atoms with van der Waals surface area (Å²) in [5.74, 6) is -8.09. The quantitative estimate of drug-likeness (QED) is 0.544. The average molecular weight is 275 g/mol. The van der Waals surface area contributed by atoms with Crippen molar-refractivity contribution in [2.75, 3.05) is 26.2 Å². The maximum absolute atomic E-state index is 11.3. The van der Waals surface area contributed by atoms with Crippen LogP contribution >= 0.6 is 0 Å². The Balaban J connectivity index is 0. The van der Waals surface area contributed by atoms with Crippen LogP contribution in [0.2, 0.25) is 0 Å². The lowest BCUT2D eigenvalue weighted by atomic mass is 10.3. The summed E-state index contributed by atoms with van der Waals surface area (Å²) in [5.41, 5.74) is 0. The van der Waals surface area contributed by atoms with Crippen LogP contribution in [0.15, 0.2) is 0 Å². The van der Waals surface area contributed by atoms with E-state index in [1.807, 2.05) is 0 Å². The van der Waals surface area contributed by atoms with Gasteiger partial charge in [0.05, 0.1) is 26.2 Å². The number of rotatable bonds is 6. The van der Waals surface area contributed by atoms with Gasteiger partial charge in [-0.25, -0.2) is 8.78 Å². The summed E-state index contributed by atoms with van der Waals surface area (Å²) in [5, 5.41) is 9.12. The molecule has 18 heavy (non-hydrogen) atoms. The molecule has 7 heteroatoms. The van der Waals surface area contributed by atoms with Crippen molar-refractivity contribution >= 4 is 5.97 Å². The van der Waals surface area contributed by atoms with Gasteiger partial charge in [0.15, 0.2) is 0 Å². The molecule has 0 fully saturated rings. The highest BCUT2D eigenvalue weighted by molar-refractivity contribution is 5.73. The average Bonchev–Trinajstić information content (AvgIpc) is 2.33. The third-order valence-electron chi connectivity index (χ3n) is 3.23. The Morgan fingerprint density at radius 1 is 1.06 bits per heavy atom. The molecule has 3 nitrogen and oxygen atoms in total. The first kappa shape index (κ1) is 19.5. The van der Waals surface area contributed by atoms with E-state index in [4.69, 9.17) is 9.90 Å². The molecule has 0 aliphatic rings. The van der Waals surface area contributed by atoms with Gasteiger partial charge in [-0.15, -0.1) is 0 Å². The summed E-state index contributed by atoms with van der Waals surface area (Å²) in [6, 6.07) is 0. The first-order chi connectivity index (χ1) is 8.13. The van der Waals surface area contributed by atoms with E-state index >= 15 is 0 Å². The summed E-state index contributed by atoms with van der Waals surface area (Å²) in [6.07, 6.45) is -4.21. The van der Waals surface area contributed by atoms with Crippen LogP contribution in [-0.2, 0) is 4.79 Å². The van der Waals surface area contributed by atoms with Crippen molar-refractivity contribution in [3.05, 3.63) is 0 Å². The normalized spacial score (nSPS) is 12.1. The van der Waals surface area contributed by atoms with Gasteiger partial charge in [-0.3, -0.25) is 0 Å². The lowest BCUT2D eigenvalue weighted by Crippen LogP contribution is -2.47. The molecule has 0 atom stereocenters. The van der Waals surface area contributed by atoms with Gasteiger partial charge < -0.3 is 14.4 Å². The van der Waals surface area contributed by atoms with Crippen LogP contribution < -0.4 is 5.11 Å². The topological polar surface area (TPSA) is 40.1 Å². The monoisotopic (exact) mass is 275 g/mol. The summed E-state index contributed by atoms with van der Waals surface area (Å²) in [6.45, 7) is 14.2. The molecule has 0 aromatic carbocycles. The summed E-state index contributed by atoms with van der Waals surface area (Å²) >= 11 is 0. The van der Waals surface area contributed by atoms with Gasteiger partial charge in [0, 0.05) is 0 Å². The summed E-state index contributed by atoms with van der Waals surface area (Å²) < 4.78 is 45.6. The first-order valence-electron chi connectivity index (χ1n) is 5.85. The van der Waals surface area contributed by atoms with Crippen molar-refractivity contribution in [1.29, 1.82) is 0 Å². The fraction of sp³-hybridized carbons (Fsp3) is 0.909. The third-order valence-corrected chi connectivity index (χ3v) is 3.23. The Bertz CT molecular complexity index is 226. The molecule has 110 valence electrons. The van der Waals surface area contributed by atoms with E-state index < -0.39 is 18.3 Å². The molecule has 0 rings (SSSR count). The van der Waals surface area contributed by atoms with Crippen LogP contribution in [0, 0.1) is 0 Å². The number of hydrogen-bond acceptors (Lipinski definition) is 2. The van der Waals surface area contributed by atoms with Crippen LogP contribution in [0.3, 0.4) is 0 Å². The number of carboxylic acids is 1. The minimum Gasteiger partial charge on any atom is -0.544 e. The van der Waals surface area contributed by atoms with Crippen molar-refractivity contribution in [2.45, 2.75) is 40.0 Å². The van der Waals surface area contributed by atoms with Crippen LogP contribution in [0.25, 0.3) is 0 Å². The van der Waals surface area contributed by atoms with Gasteiger partial charge in [-0.1, -0.05) is 0 Å². The zero-order valence-electron chi connectivity index (χ0n) is 11.2. The molecule has 0 aliphatic heterocycles. The van der Waals surface area contributed by atoms with E-state index in [9.17, 15) is 17.6 Å². The Morgan fingerprint density at radius 3 is 1.33 bits per heavy atom. The molecule has 0 aromatic heterocycles. The predicted octanol–water partition coefficient (Wildman–Crippen LogP) is 1.52. The fourth-order valence-electron chi connectivity index (χ4n) is 1.43. The summed E-state index contributed by atoms with van der Waals surface area (Å²) in [7, 11) is 0. The number of aliphatic carboxylic acids is 1. The number of carboxylic acid groups (broad SMARTS) is 1. The van der Waals surface area contributed by atoms with E-state index in [-0.39, 0.29) is 0 Å². The van der Waals surface area contributed by atoms with Gasteiger partial charge in [0.2, 0.25) is 0 Å². The van der Waals surface area contributed by atoms with Gasteiger partial charge in [-0.2, -0.15) is 8.78 Å². The van der Waals surface area contributed by atoms with Gasteiger partial charge in [-0.05, 0) is 27.7 Å². The molecular weight excluding hydrogens is 254 g/mol. The molecular formula is C11H21F4NO2. The highest BCUT2D eigenvalue weighted by Gasteiger charge is 2.42. The zero-order chi connectivity index (χ0) is 15.0. The van der Waals surface area contributed by atoms with Crippen LogP contribution in [0.5, 0.6) is 0 Å². The number of alkyl halides is 4. The second-order valence-corrected chi connectivity index (χ2v) is 3.82. The fourth-order valence-corrected chi connectivity index (χ4v) is 1.43. The SMILES string of the molecule is CC[N+](CC)(CC)CC.O=C([O-])C(F)(F)C(F)F. The van der Waals surface area contributed by atoms with E-state index in [1.165, 1.54) is 30.7 Å². The number of carbonyl (C=O) groups excluding carboxylic acids is 1. The van der Waals surface area contributed by atoms with E-state index in [0.717, 1.165) is 0 Å². The van der Waals surface area contributed by atoms with Crippen LogP contribution in [0.1, 0.15) is 27.7 Å². The predicted molar refractivity (Wildman–Crippen MR) is 58.4 cm³/mol. The number of quaternary nitrogens is 1. The molecule has 0 heterocycles. The first-order valence-corrected chi connectivity index (χ1v) is 5.85. The Labute approximate surface area is 105 Å². The zero-order valence-corrected chi connectivity index (χ0v) is 11.2. The van der Waals surface area contributed by atoms with Crippen LogP contribution in [0.4, 0.5) is 17.6 Å². The molecule has 0 saturated heterocycles. The van der Waals surface area contributed by atoms with E-state index in [1.54, 1.807) is 0 Å². The molecule has 0 amide bonds. The maximum Gasteiger partial charge on any atom is 0.346 e. The van der Waals surface area contributed by atoms with Crippen molar-refractivity contribution in [2.24, 2.45) is 0 Å². The van der Waals surface area contributed by atoms with Gasteiger partial charge in [0.1, 0.15) is 5.97 Å². The maximum atomic E-state index is 11.3. The van der Waals surface area contributed by atoms with Crippen molar-refractivity contribution in [3.63, 3.8) is 0 Å². The number of nitrogens with zero attached hydrogens (tertiary/aromatic N) is 1. The van der Waals surface area contributed by atoms with E-state index in [2.05, 4.69) is 27.7 Å². The number of halogens is 4.